The van der Waals surface area contributed by atoms with Crippen molar-refractivity contribution in [3.8, 4) is 0 Å². The Labute approximate surface area is 117 Å². The summed E-state index contributed by atoms with van der Waals surface area (Å²) >= 11 is 0. The van der Waals surface area contributed by atoms with Crippen molar-refractivity contribution in [2.75, 3.05) is 17.2 Å². The van der Waals surface area contributed by atoms with Crippen molar-refractivity contribution >= 4 is 17.3 Å². The summed E-state index contributed by atoms with van der Waals surface area (Å²) in [5, 5.41) is 0. The third-order valence-corrected chi connectivity index (χ3v) is 3.17. The van der Waals surface area contributed by atoms with Crippen molar-refractivity contribution in [1.29, 1.82) is 0 Å². The van der Waals surface area contributed by atoms with Crippen LogP contribution in [0.3, 0.4) is 0 Å². The maximum absolute atomic E-state index is 13.3. The minimum atomic E-state index is -0.363. The average molecular weight is 272 g/mol. The molecule has 0 spiro atoms. The highest BCUT2D eigenvalue weighted by atomic mass is 19.1. The van der Waals surface area contributed by atoms with E-state index in [2.05, 4.69) is 0 Å². The fraction of sp³-hybridized carbons (Fsp3) is 0.188. The van der Waals surface area contributed by atoms with Crippen LogP contribution in [0, 0.1) is 12.7 Å². The maximum Gasteiger partial charge on any atom is 0.258 e. The maximum atomic E-state index is 13.3. The van der Waals surface area contributed by atoms with E-state index in [1.54, 1.807) is 24.3 Å². The van der Waals surface area contributed by atoms with E-state index < -0.39 is 0 Å². The van der Waals surface area contributed by atoms with Crippen LogP contribution in [-0.4, -0.2) is 12.5 Å². The van der Waals surface area contributed by atoms with E-state index in [-0.39, 0.29) is 11.7 Å². The number of hydrogen-bond acceptors (Lipinski definition) is 2. The van der Waals surface area contributed by atoms with Crippen molar-refractivity contribution < 1.29 is 9.18 Å². The summed E-state index contributed by atoms with van der Waals surface area (Å²) in [7, 11) is 0. The lowest BCUT2D eigenvalue weighted by Crippen LogP contribution is -2.31. The molecular weight excluding hydrogens is 255 g/mol. The first-order valence-electron chi connectivity index (χ1n) is 6.46. The Bertz CT molecular complexity index is 640. The van der Waals surface area contributed by atoms with Gasteiger partial charge < -0.3 is 10.6 Å². The van der Waals surface area contributed by atoms with Gasteiger partial charge in [-0.25, -0.2) is 4.39 Å². The number of benzene rings is 2. The number of amides is 1. The van der Waals surface area contributed by atoms with E-state index in [1.165, 1.54) is 17.0 Å². The van der Waals surface area contributed by atoms with Gasteiger partial charge in [0.15, 0.2) is 0 Å². The summed E-state index contributed by atoms with van der Waals surface area (Å²) in [4.78, 5) is 14.1. The molecule has 2 aromatic carbocycles. The minimum absolute atomic E-state index is 0.178. The molecule has 0 aliphatic rings. The van der Waals surface area contributed by atoms with Crippen LogP contribution >= 0.6 is 0 Å². The highest BCUT2D eigenvalue weighted by Crippen LogP contribution is 2.21. The smallest absolute Gasteiger partial charge is 0.258 e. The molecule has 2 N–H and O–H groups in total. The van der Waals surface area contributed by atoms with Crippen LogP contribution in [0.1, 0.15) is 22.8 Å². The third-order valence-electron chi connectivity index (χ3n) is 3.17. The second-order valence-corrected chi connectivity index (χ2v) is 4.60. The van der Waals surface area contributed by atoms with Crippen molar-refractivity contribution in [2.45, 2.75) is 13.8 Å². The summed E-state index contributed by atoms with van der Waals surface area (Å²) in [6, 6.07) is 11.2. The van der Waals surface area contributed by atoms with Crippen LogP contribution in [0.25, 0.3) is 0 Å². The van der Waals surface area contributed by atoms with Crippen LogP contribution in [-0.2, 0) is 0 Å². The second-order valence-electron chi connectivity index (χ2n) is 4.60. The number of carbonyl (C=O) groups is 1. The summed E-state index contributed by atoms with van der Waals surface area (Å²) in [5.41, 5.74) is 8.20. The SMILES string of the molecule is CCN(C(=O)c1cc(N)ccc1C)c1cccc(F)c1. The molecular formula is C16H17FN2O. The van der Waals surface area contributed by atoms with Crippen LogP contribution < -0.4 is 10.6 Å². The molecule has 0 aliphatic carbocycles. The topological polar surface area (TPSA) is 46.3 Å². The lowest BCUT2D eigenvalue weighted by atomic mass is 10.1. The molecule has 2 rings (SSSR count). The van der Waals surface area contributed by atoms with Gasteiger partial charge in [-0.2, -0.15) is 0 Å². The zero-order chi connectivity index (χ0) is 14.7. The van der Waals surface area contributed by atoms with E-state index >= 15 is 0 Å². The summed E-state index contributed by atoms with van der Waals surface area (Å²) in [5.74, 6) is -0.541. The first kappa shape index (κ1) is 14.1. The fourth-order valence-electron chi connectivity index (χ4n) is 2.10. The molecule has 0 bridgehead atoms. The molecule has 3 nitrogen and oxygen atoms in total. The molecule has 2 aromatic rings. The number of rotatable bonds is 3. The minimum Gasteiger partial charge on any atom is -0.399 e. The molecule has 0 saturated heterocycles. The Hall–Kier alpha value is -2.36. The van der Waals surface area contributed by atoms with Gasteiger partial charge in [0, 0.05) is 23.5 Å². The van der Waals surface area contributed by atoms with Crippen molar-refractivity contribution in [1.82, 2.24) is 0 Å². The summed E-state index contributed by atoms with van der Waals surface area (Å²) in [6.45, 7) is 4.16. The molecule has 20 heavy (non-hydrogen) atoms. The standard InChI is InChI=1S/C16H17FN2O/c1-3-19(14-6-4-5-12(17)9-14)16(20)15-10-13(18)8-7-11(15)2/h4-10H,3,18H2,1-2H3. The first-order chi connectivity index (χ1) is 9.52. The number of hydrogen-bond donors (Lipinski definition) is 1. The van der Waals surface area contributed by atoms with Gasteiger partial charge in [-0.05, 0) is 49.7 Å². The van der Waals surface area contributed by atoms with Gasteiger partial charge in [0.05, 0.1) is 0 Å². The molecule has 1 amide bonds. The molecule has 4 heteroatoms. The Morgan fingerprint density at radius 2 is 2.00 bits per heavy atom. The van der Waals surface area contributed by atoms with Gasteiger partial charge in [-0.1, -0.05) is 12.1 Å². The molecule has 0 aromatic heterocycles. The molecule has 0 heterocycles. The Balaban J connectivity index is 2.41. The zero-order valence-corrected chi connectivity index (χ0v) is 11.6. The molecule has 0 aliphatic heterocycles. The summed E-state index contributed by atoms with van der Waals surface area (Å²) in [6.07, 6.45) is 0. The number of anilines is 2. The van der Waals surface area contributed by atoms with Crippen molar-refractivity contribution in [3.05, 3.63) is 59.4 Å². The molecule has 0 atom stereocenters. The van der Waals surface area contributed by atoms with Crippen LogP contribution in [0.2, 0.25) is 0 Å². The van der Waals surface area contributed by atoms with Crippen molar-refractivity contribution in [3.63, 3.8) is 0 Å². The van der Waals surface area contributed by atoms with Gasteiger partial charge >= 0.3 is 0 Å². The van der Waals surface area contributed by atoms with Gasteiger partial charge in [-0.15, -0.1) is 0 Å². The first-order valence-corrected chi connectivity index (χ1v) is 6.46. The van der Waals surface area contributed by atoms with E-state index in [1.807, 2.05) is 19.9 Å². The quantitative estimate of drug-likeness (QED) is 0.871. The monoisotopic (exact) mass is 272 g/mol. The zero-order valence-electron chi connectivity index (χ0n) is 11.6. The molecule has 0 saturated carbocycles. The highest BCUT2D eigenvalue weighted by Gasteiger charge is 2.18. The van der Waals surface area contributed by atoms with Gasteiger partial charge in [0.2, 0.25) is 0 Å². The highest BCUT2D eigenvalue weighted by molar-refractivity contribution is 6.07. The van der Waals surface area contributed by atoms with E-state index in [4.69, 9.17) is 5.73 Å². The number of halogens is 1. The number of carbonyl (C=O) groups excluding carboxylic acids is 1. The average Bonchev–Trinajstić information content (AvgIpc) is 2.42. The predicted molar refractivity (Wildman–Crippen MR) is 79.3 cm³/mol. The van der Waals surface area contributed by atoms with E-state index in [9.17, 15) is 9.18 Å². The third kappa shape index (κ3) is 2.79. The molecule has 0 radical (unpaired) electrons. The van der Waals surface area contributed by atoms with E-state index in [0.717, 1.165) is 5.56 Å². The number of nitrogens with two attached hydrogens (primary N) is 1. The summed E-state index contributed by atoms with van der Waals surface area (Å²) < 4.78 is 13.3. The Morgan fingerprint density at radius 3 is 2.65 bits per heavy atom. The lowest BCUT2D eigenvalue weighted by Gasteiger charge is -2.22. The van der Waals surface area contributed by atoms with E-state index in [0.29, 0.717) is 23.5 Å². The van der Waals surface area contributed by atoms with Crippen LogP contribution in [0.5, 0.6) is 0 Å². The number of nitrogen functional groups attached to an aromatic ring is 1. The number of nitrogens with zero attached hydrogens (tertiary/aromatic N) is 1. The predicted octanol–water partition coefficient (Wildman–Crippen LogP) is 3.38. The molecule has 0 fully saturated rings. The largest absolute Gasteiger partial charge is 0.399 e. The van der Waals surface area contributed by atoms with Gasteiger partial charge in [0.1, 0.15) is 5.82 Å². The van der Waals surface area contributed by atoms with Gasteiger partial charge in [0.25, 0.3) is 5.91 Å². The normalized spacial score (nSPS) is 10.3. The van der Waals surface area contributed by atoms with Crippen LogP contribution in [0.4, 0.5) is 15.8 Å². The lowest BCUT2D eigenvalue weighted by molar-refractivity contribution is 0.0987. The van der Waals surface area contributed by atoms with Crippen molar-refractivity contribution in [2.24, 2.45) is 0 Å². The Morgan fingerprint density at radius 1 is 1.25 bits per heavy atom. The number of aryl methyl sites for hydroxylation is 1. The molecule has 0 unspecified atom stereocenters. The molecule has 104 valence electrons. The second kappa shape index (κ2) is 5.74. The van der Waals surface area contributed by atoms with Crippen LogP contribution in [0.15, 0.2) is 42.5 Å². The van der Waals surface area contributed by atoms with Gasteiger partial charge in [-0.3, -0.25) is 4.79 Å². The fourth-order valence-corrected chi connectivity index (χ4v) is 2.10. The Kier molecular flexibility index (Phi) is 4.03.